The predicted octanol–water partition coefficient (Wildman–Crippen LogP) is 9.39. The third kappa shape index (κ3) is 7.15. The second-order valence-corrected chi connectivity index (χ2v) is 12.4. The standard InChI is InChI=1S/C24H16N2.C10H14NO5PS/c1-3-7-17(8-4-1)19-13-15-25-23-21(19)11-12-22-20(14-16-26-24(22)23)18-9-5-2-6-10-18;1-3-14-17(18,15-4-2)16-10-7-5-9(6-8-10)11(12)13/h1-16H;5-8H,3-4H2,1-2H3. The highest BCUT2D eigenvalue weighted by atomic mass is 32.5. The quantitative estimate of drug-likeness (QED) is 0.0680. The number of non-ortho nitro benzene ring substituents is 1. The second-order valence-electron chi connectivity index (χ2n) is 9.43. The summed E-state index contributed by atoms with van der Waals surface area (Å²) in [7, 11) is 0. The van der Waals surface area contributed by atoms with E-state index in [-0.39, 0.29) is 5.69 Å². The molecule has 222 valence electrons. The minimum absolute atomic E-state index is 0.0107. The number of nitro groups is 1. The SMILES string of the molecule is CCOP(=S)(OCC)Oc1ccc([N+](=O)[O-])cc1.c1ccc(-c2ccnc3c2ccc2c(-c4ccccc4)ccnc23)cc1. The molecule has 0 bridgehead atoms. The highest BCUT2D eigenvalue weighted by Crippen LogP contribution is 2.49. The van der Waals surface area contributed by atoms with Gasteiger partial charge in [0.1, 0.15) is 5.75 Å². The third-order valence-electron chi connectivity index (χ3n) is 6.63. The highest BCUT2D eigenvalue weighted by Gasteiger charge is 2.21. The summed E-state index contributed by atoms with van der Waals surface area (Å²) < 4.78 is 16.1. The summed E-state index contributed by atoms with van der Waals surface area (Å²) in [6.45, 7) is 1.52. The van der Waals surface area contributed by atoms with Crippen molar-refractivity contribution in [3.63, 3.8) is 0 Å². The number of nitrogens with zero attached hydrogens (tertiary/aromatic N) is 3. The molecule has 6 rings (SSSR count). The van der Waals surface area contributed by atoms with Gasteiger partial charge in [0.25, 0.3) is 5.69 Å². The van der Waals surface area contributed by atoms with Crippen molar-refractivity contribution in [2.45, 2.75) is 13.8 Å². The first-order valence-corrected chi connectivity index (χ1v) is 16.6. The van der Waals surface area contributed by atoms with E-state index in [1.165, 1.54) is 46.5 Å². The smallest absolute Gasteiger partial charge is 0.380 e. The molecular formula is C34H30N3O5PS. The number of aromatic nitrogens is 2. The number of hydrogen-bond donors (Lipinski definition) is 0. The van der Waals surface area contributed by atoms with Crippen molar-refractivity contribution in [2.75, 3.05) is 13.2 Å². The van der Waals surface area contributed by atoms with E-state index in [2.05, 4.69) is 82.8 Å². The molecule has 10 heteroatoms. The van der Waals surface area contributed by atoms with E-state index in [9.17, 15) is 10.1 Å². The van der Waals surface area contributed by atoms with Gasteiger partial charge in [0, 0.05) is 47.1 Å². The van der Waals surface area contributed by atoms with Crippen LogP contribution in [0, 0.1) is 10.1 Å². The van der Waals surface area contributed by atoms with Crippen LogP contribution in [0.5, 0.6) is 5.75 Å². The molecule has 0 spiro atoms. The van der Waals surface area contributed by atoms with Gasteiger partial charge in [-0.1, -0.05) is 72.8 Å². The van der Waals surface area contributed by atoms with Gasteiger partial charge >= 0.3 is 6.72 Å². The van der Waals surface area contributed by atoms with Crippen LogP contribution in [-0.2, 0) is 20.9 Å². The van der Waals surface area contributed by atoms with Crippen LogP contribution in [0.2, 0.25) is 0 Å². The molecule has 0 N–H and O–H groups in total. The summed E-state index contributed by atoms with van der Waals surface area (Å²) in [6.07, 6.45) is 3.75. The normalized spacial score (nSPS) is 11.1. The fraction of sp³-hybridized carbons (Fsp3) is 0.118. The van der Waals surface area contributed by atoms with Crippen LogP contribution in [0.4, 0.5) is 5.69 Å². The van der Waals surface area contributed by atoms with Gasteiger partial charge in [-0.15, -0.1) is 0 Å². The van der Waals surface area contributed by atoms with Crippen molar-refractivity contribution < 1.29 is 18.5 Å². The largest absolute Gasteiger partial charge is 0.424 e. The Hall–Kier alpha value is -4.53. The molecule has 0 saturated heterocycles. The van der Waals surface area contributed by atoms with Crippen molar-refractivity contribution in [2.24, 2.45) is 0 Å². The average molecular weight is 624 g/mol. The first-order chi connectivity index (χ1) is 21.4. The van der Waals surface area contributed by atoms with E-state index in [0.29, 0.717) is 19.0 Å². The average Bonchev–Trinajstić information content (AvgIpc) is 3.05. The minimum atomic E-state index is -2.82. The van der Waals surface area contributed by atoms with Crippen molar-refractivity contribution in [3.05, 3.63) is 132 Å². The van der Waals surface area contributed by atoms with E-state index >= 15 is 0 Å². The van der Waals surface area contributed by atoms with Crippen molar-refractivity contribution in [1.82, 2.24) is 9.97 Å². The Labute approximate surface area is 260 Å². The maximum absolute atomic E-state index is 10.5. The molecule has 2 heterocycles. The van der Waals surface area contributed by atoms with E-state index in [0.717, 1.165) is 21.8 Å². The molecule has 0 aliphatic heterocycles. The van der Waals surface area contributed by atoms with Gasteiger partial charge < -0.3 is 4.52 Å². The zero-order valence-electron chi connectivity index (χ0n) is 24.2. The van der Waals surface area contributed by atoms with Crippen LogP contribution in [0.1, 0.15) is 13.8 Å². The molecule has 0 atom stereocenters. The Bertz CT molecular complexity index is 1820. The molecule has 0 saturated carbocycles. The zero-order chi connectivity index (χ0) is 30.9. The lowest BCUT2D eigenvalue weighted by Gasteiger charge is -2.20. The van der Waals surface area contributed by atoms with E-state index in [4.69, 9.17) is 25.4 Å². The predicted molar refractivity (Wildman–Crippen MR) is 179 cm³/mol. The first-order valence-electron chi connectivity index (χ1n) is 14.0. The Morgan fingerprint density at radius 1 is 0.682 bits per heavy atom. The van der Waals surface area contributed by atoms with Crippen LogP contribution in [0.25, 0.3) is 44.1 Å². The molecule has 2 aromatic heterocycles. The fourth-order valence-corrected chi connectivity index (χ4v) is 6.81. The second kappa shape index (κ2) is 14.3. The molecule has 0 fully saturated rings. The number of benzene rings is 4. The van der Waals surface area contributed by atoms with Crippen LogP contribution >= 0.6 is 6.72 Å². The zero-order valence-corrected chi connectivity index (χ0v) is 25.9. The molecule has 6 aromatic rings. The molecular weight excluding hydrogens is 593 g/mol. The molecule has 4 aromatic carbocycles. The van der Waals surface area contributed by atoms with Gasteiger partial charge in [-0.2, -0.15) is 0 Å². The first kappa shape index (κ1) is 30.9. The summed E-state index contributed by atoms with van der Waals surface area (Å²) in [6, 6.07) is 35.0. The Morgan fingerprint density at radius 2 is 1.14 bits per heavy atom. The monoisotopic (exact) mass is 623 g/mol. The highest BCUT2D eigenvalue weighted by molar-refractivity contribution is 8.07. The van der Waals surface area contributed by atoms with Crippen LogP contribution in [0.3, 0.4) is 0 Å². The van der Waals surface area contributed by atoms with Crippen LogP contribution in [0.15, 0.2) is 122 Å². The number of pyridine rings is 2. The lowest BCUT2D eigenvalue weighted by molar-refractivity contribution is -0.384. The maximum atomic E-state index is 10.5. The summed E-state index contributed by atoms with van der Waals surface area (Å²) in [5.74, 6) is 0.394. The topological polar surface area (TPSA) is 96.6 Å². The maximum Gasteiger partial charge on any atom is 0.380 e. The molecule has 0 aliphatic carbocycles. The van der Waals surface area contributed by atoms with Gasteiger partial charge in [-0.05, 0) is 60.4 Å². The van der Waals surface area contributed by atoms with Gasteiger partial charge in [0.2, 0.25) is 0 Å². The van der Waals surface area contributed by atoms with E-state index in [1.807, 2.05) is 24.5 Å². The fourth-order valence-electron chi connectivity index (χ4n) is 4.73. The summed E-state index contributed by atoms with van der Waals surface area (Å²) >= 11 is 5.18. The molecule has 0 radical (unpaired) electrons. The van der Waals surface area contributed by atoms with Crippen LogP contribution < -0.4 is 4.52 Å². The van der Waals surface area contributed by atoms with Crippen molar-refractivity contribution in [1.29, 1.82) is 0 Å². The van der Waals surface area contributed by atoms with Crippen LogP contribution in [-0.4, -0.2) is 28.1 Å². The third-order valence-corrected chi connectivity index (χ3v) is 9.07. The minimum Gasteiger partial charge on any atom is -0.424 e. The van der Waals surface area contributed by atoms with E-state index in [1.54, 1.807) is 13.8 Å². The molecule has 0 aliphatic rings. The Kier molecular flexibility index (Phi) is 10.0. The Balaban J connectivity index is 0.000000189. The molecule has 0 amide bonds. The number of hydrogen-bond acceptors (Lipinski definition) is 8. The van der Waals surface area contributed by atoms with Crippen molar-refractivity contribution >= 4 is 46.0 Å². The van der Waals surface area contributed by atoms with Crippen molar-refractivity contribution in [3.8, 4) is 28.0 Å². The lowest BCUT2D eigenvalue weighted by atomic mass is 9.97. The van der Waals surface area contributed by atoms with Gasteiger partial charge in [0.15, 0.2) is 0 Å². The number of nitro benzene ring substituents is 1. The molecule has 0 unspecified atom stereocenters. The Morgan fingerprint density at radius 3 is 1.55 bits per heavy atom. The molecule has 44 heavy (non-hydrogen) atoms. The molecule has 8 nitrogen and oxygen atoms in total. The summed E-state index contributed by atoms with van der Waals surface area (Å²) in [5, 5.41) is 12.8. The van der Waals surface area contributed by atoms with Gasteiger partial charge in [0.05, 0.1) is 29.2 Å². The lowest BCUT2D eigenvalue weighted by Crippen LogP contribution is -2.02. The van der Waals surface area contributed by atoms with Gasteiger partial charge in [-0.3, -0.25) is 29.1 Å². The summed E-state index contributed by atoms with van der Waals surface area (Å²) in [5.41, 5.74) is 6.64. The number of rotatable bonds is 9. The van der Waals surface area contributed by atoms with E-state index < -0.39 is 11.6 Å². The summed E-state index contributed by atoms with van der Waals surface area (Å²) in [4.78, 5) is 19.4. The number of fused-ring (bicyclic) bond motifs is 3. The van der Waals surface area contributed by atoms with Gasteiger partial charge in [-0.25, -0.2) is 0 Å².